The SMILES string of the molecule is CCN(c1cccc(N)c1C=N)c1nc(C)ncc1F. The predicted molar refractivity (Wildman–Crippen MR) is 78.1 cm³/mol. The van der Waals surface area contributed by atoms with Gasteiger partial charge in [-0.1, -0.05) is 6.07 Å². The molecule has 6 heteroatoms. The first-order chi connectivity index (χ1) is 9.58. The molecule has 2 rings (SSSR count). The molecule has 3 N–H and O–H groups in total. The van der Waals surface area contributed by atoms with Gasteiger partial charge in [-0.25, -0.2) is 14.4 Å². The number of nitrogens with zero attached hydrogens (tertiary/aromatic N) is 3. The van der Waals surface area contributed by atoms with E-state index in [9.17, 15) is 4.39 Å². The van der Waals surface area contributed by atoms with E-state index in [4.69, 9.17) is 11.1 Å². The molecule has 20 heavy (non-hydrogen) atoms. The van der Waals surface area contributed by atoms with Crippen molar-refractivity contribution in [3.8, 4) is 0 Å². The highest BCUT2D eigenvalue weighted by atomic mass is 19.1. The molecule has 0 spiro atoms. The zero-order valence-corrected chi connectivity index (χ0v) is 11.4. The van der Waals surface area contributed by atoms with Crippen LogP contribution in [0.5, 0.6) is 0 Å². The number of hydrogen-bond donors (Lipinski definition) is 2. The number of benzene rings is 1. The largest absolute Gasteiger partial charge is 0.398 e. The molecule has 0 aliphatic rings. The van der Waals surface area contributed by atoms with Crippen LogP contribution < -0.4 is 10.6 Å². The Morgan fingerprint density at radius 1 is 1.45 bits per heavy atom. The fraction of sp³-hybridized carbons (Fsp3) is 0.214. The van der Waals surface area contributed by atoms with Crippen LogP contribution in [0.15, 0.2) is 24.4 Å². The van der Waals surface area contributed by atoms with Crippen LogP contribution in [0.1, 0.15) is 18.3 Å². The van der Waals surface area contributed by atoms with E-state index in [2.05, 4.69) is 9.97 Å². The predicted octanol–water partition coefficient (Wildman–Crippen LogP) is 2.66. The van der Waals surface area contributed by atoms with Gasteiger partial charge in [0.1, 0.15) is 5.82 Å². The zero-order chi connectivity index (χ0) is 14.7. The van der Waals surface area contributed by atoms with Gasteiger partial charge in [0.25, 0.3) is 0 Å². The lowest BCUT2D eigenvalue weighted by Gasteiger charge is -2.24. The first kappa shape index (κ1) is 13.9. The Morgan fingerprint density at radius 3 is 2.85 bits per heavy atom. The van der Waals surface area contributed by atoms with Crippen molar-refractivity contribution in [3.63, 3.8) is 0 Å². The summed E-state index contributed by atoms with van der Waals surface area (Å²) in [6, 6.07) is 5.27. The molecule has 0 aliphatic heterocycles. The number of nitrogens with two attached hydrogens (primary N) is 1. The smallest absolute Gasteiger partial charge is 0.184 e. The van der Waals surface area contributed by atoms with Crippen molar-refractivity contribution in [2.45, 2.75) is 13.8 Å². The molecule has 0 fully saturated rings. The standard InChI is InChI=1S/C14H16FN5/c1-3-20(14-11(15)8-18-9(2)19-14)13-6-4-5-12(17)10(13)7-16/h4-8,16H,3,17H2,1-2H3. The number of anilines is 3. The summed E-state index contributed by atoms with van der Waals surface area (Å²) in [5, 5.41) is 7.49. The number of hydrogen-bond acceptors (Lipinski definition) is 5. The summed E-state index contributed by atoms with van der Waals surface area (Å²) >= 11 is 0. The molecule has 1 aromatic heterocycles. The Morgan fingerprint density at radius 2 is 2.20 bits per heavy atom. The lowest BCUT2D eigenvalue weighted by molar-refractivity contribution is 0.608. The molecule has 0 saturated heterocycles. The monoisotopic (exact) mass is 273 g/mol. The maximum atomic E-state index is 14.0. The van der Waals surface area contributed by atoms with Gasteiger partial charge in [-0.05, 0) is 26.0 Å². The second kappa shape index (κ2) is 5.64. The second-order valence-corrected chi connectivity index (χ2v) is 4.26. The number of nitrogen functional groups attached to an aromatic ring is 1. The van der Waals surface area contributed by atoms with Crippen LogP contribution in [0.3, 0.4) is 0 Å². The Balaban J connectivity index is 2.61. The fourth-order valence-electron chi connectivity index (χ4n) is 2.03. The third-order valence-corrected chi connectivity index (χ3v) is 2.97. The Labute approximate surface area is 116 Å². The first-order valence-electron chi connectivity index (χ1n) is 6.24. The van der Waals surface area contributed by atoms with Gasteiger partial charge in [-0.15, -0.1) is 0 Å². The molecule has 5 nitrogen and oxygen atoms in total. The quantitative estimate of drug-likeness (QED) is 0.663. The number of rotatable bonds is 4. The van der Waals surface area contributed by atoms with E-state index in [0.29, 0.717) is 29.3 Å². The molecule has 104 valence electrons. The summed E-state index contributed by atoms with van der Waals surface area (Å²) in [4.78, 5) is 9.66. The maximum absolute atomic E-state index is 14.0. The number of halogens is 1. The van der Waals surface area contributed by atoms with Gasteiger partial charge in [0, 0.05) is 24.0 Å². The number of aromatic nitrogens is 2. The zero-order valence-electron chi connectivity index (χ0n) is 11.4. The van der Waals surface area contributed by atoms with Crippen LogP contribution in [0.25, 0.3) is 0 Å². The molecular formula is C14H16FN5. The van der Waals surface area contributed by atoms with E-state index < -0.39 is 5.82 Å². The molecule has 1 aromatic carbocycles. The molecular weight excluding hydrogens is 257 g/mol. The van der Waals surface area contributed by atoms with Crippen molar-refractivity contribution in [2.24, 2.45) is 0 Å². The highest BCUT2D eigenvalue weighted by Crippen LogP contribution is 2.30. The van der Waals surface area contributed by atoms with Crippen LogP contribution in [-0.2, 0) is 0 Å². The minimum Gasteiger partial charge on any atom is -0.398 e. The van der Waals surface area contributed by atoms with Gasteiger partial charge in [0.2, 0.25) is 0 Å². The van der Waals surface area contributed by atoms with E-state index in [1.54, 1.807) is 30.0 Å². The Hall–Kier alpha value is -2.50. The van der Waals surface area contributed by atoms with Gasteiger partial charge in [-0.2, -0.15) is 0 Å². The van der Waals surface area contributed by atoms with Crippen molar-refractivity contribution in [2.75, 3.05) is 17.2 Å². The van der Waals surface area contributed by atoms with Gasteiger partial charge in [0.15, 0.2) is 11.6 Å². The van der Waals surface area contributed by atoms with Gasteiger partial charge >= 0.3 is 0 Å². The molecule has 0 bridgehead atoms. The average molecular weight is 273 g/mol. The topological polar surface area (TPSA) is 78.9 Å². The lowest BCUT2D eigenvalue weighted by Crippen LogP contribution is -2.21. The van der Waals surface area contributed by atoms with Gasteiger partial charge < -0.3 is 16.0 Å². The van der Waals surface area contributed by atoms with Crippen molar-refractivity contribution in [1.29, 1.82) is 5.41 Å². The van der Waals surface area contributed by atoms with Crippen molar-refractivity contribution >= 4 is 23.4 Å². The molecule has 0 saturated carbocycles. The van der Waals surface area contributed by atoms with Crippen LogP contribution in [0.2, 0.25) is 0 Å². The molecule has 0 amide bonds. The minimum absolute atomic E-state index is 0.189. The summed E-state index contributed by atoms with van der Waals surface area (Å²) in [5.74, 6) is 0.171. The molecule has 0 unspecified atom stereocenters. The van der Waals surface area contributed by atoms with Crippen molar-refractivity contribution < 1.29 is 4.39 Å². The van der Waals surface area contributed by atoms with Crippen molar-refractivity contribution in [3.05, 3.63) is 41.6 Å². The third kappa shape index (κ3) is 2.45. The Bertz CT molecular complexity index is 641. The average Bonchev–Trinajstić information content (AvgIpc) is 2.44. The highest BCUT2D eigenvalue weighted by molar-refractivity contribution is 5.94. The molecule has 0 radical (unpaired) electrons. The summed E-state index contributed by atoms with van der Waals surface area (Å²) in [6.45, 7) is 4.08. The summed E-state index contributed by atoms with van der Waals surface area (Å²) in [5.41, 5.74) is 7.54. The van der Waals surface area contributed by atoms with Gasteiger partial charge in [-0.3, -0.25) is 0 Å². The lowest BCUT2D eigenvalue weighted by atomic mass is 10.1. The second-order valence-electron chi connectivity index (χ2n) is 4.26. The number of nitrogens with one attached hydrogen (secondary N) is 1. The van der Waals surface area contributed by atoms with Crippen LogP contribution in [0, 0.1) is 18.2 Å². The summed E-state index contributed by atoms with van der Waals surface area (Å²) < 4.78 is 14.0. The van der Waals surface area contributed by atoms with Crippen LogP contribution in [-0.4, -0.2) is 22.7 Å². The van der Waals surface area contributed by atoms with E-state index >= 15 is 0 Å². The summed E-state index contributed by atoms with van der Waals surface area (Å²) in [6.07, 6.45) is 2.32. The summed E-state index contributed by atoms with van der Waals surface area (Å²) in [7, 11) is 0. The van der Waals surface area contributed by atoms with E-state index in [1.807, 2.05) is 6.92 Å². The van der Waals surface area contributed by atoms with Crippen molar-refractivity contribution in [1.82, 2.24) is 9.97 Å². The van der Waals surface area contributed by atoms with E-state index in [-0.39, 0.29) is 5.82 Å². The molecule has 2 aromatic rings. The molecule has 1 heterocycles. The number of aryl methyl sites for hydroxylation is 1. The minimum atomic E-state index is -0.504. The maximum Gasteiger partial charge on any atom is 0.184 e. The normalized spacial score (nSPS) is 10.3. The highest BCUT2D eigenvalue weighted by Gasteiger charge is 2.18. The Kier molecular flexibility index (Phi) is 3.93. The van der Waals surface area contributed by atoms with Gasteiger partial charge in [0.05, 0.1) is 11.9 Å². The van der Waals surface area contributed by atoms with Crippen LogP contribution in [0.4, 0.5) is 21.6 Å². The van der Waals surface area contributed by atoms with E-state index in [0.717, 1.165) is 6.20 Å². The molecule has 0 aliphatic carbocycles. The van der Waals surface area contributed by atoms with E-state index in [1.165, 1.54) is 6.21 Å². The third-order valence-electron chi connectivity index (χ3n) is 2.97. The first-order valence-corrected chi connectivity index (χ1v) is 6.24. The fourth-order valence-corrected chi connectivity index (χ4v) is 2.03. The van der Waals surface area contributed by atoms with Crippen LogP contribution >= 0.6 is 0 Å². The molecule has 0 atom stereocenters.